The Bertz CT molecular complexity index is 764. The smallest absolute Gasteiger partial charge is 0.228 e. The van der Waals surface area contributed by atoms with Gasteiger partial charge in [0.2, 0.25) is 7.98 Å². The highest BCUT2D eigenvalue weighted by molar-refractivity contribution is 6.20. The van der Waals surface area contributed by atoms with E-state index in [1.54, 1.807) is 13.4 Å². The first-order valence-corrected chi connectivity index (χ1v) is 6.24. The number of nitrogens with zero attached hydrogens (tertiary/aromatic N) is 4. The van der Waals surface area contributed by atoms with E-state index in [2.05, 4.69) is 9.97 Å². The number of anilines is 2. The highest BCUT2D eigenvalue weighted by atomic mass is 15.1. The Morgan fingerprint density at radius 1 is 1.25 bits per heavy atom. The van der Waals surface area contributed by atoms with Gasteiger partial charge in [-0.15, -0.1) is 0 Å². The number of nitrogens with two attached hydrogens (primary N) is 1. The molecule has 0 saturated heterocycles. The lowest BCUT2D eigenvalue weighted by molar-refractivity contribution is 0.948. The van der Waals surface area contributed by atoms with E-state index in [9.17, 15) is 0 Å². The van der Waals surface area contributed by atoms with Crippen molar-refractivity contribution in [1.29, 1.82) is 0 Å². The van der Waals surface area contributed by atoms with E-state index in [1.165, 1.54) is 4.81 Å². The lowest BCUT2D eigenvalue weighted by Crippen LogP contribution is -2.15. The second-order valence-corrected chi connectivity index (χ2v) is 4.73. The van der Waals surface area contributed by atoms with Crippen molar-refractivity contribution >= 4 is 30.5 Å². The minimum atomic E-state index is 0.605. The maximum absolute atomic E-state index is 6.28. The van der Waals surface area contributed by atoms with Crippen LogP contribution < -0.4 is 10.5 Å². The van der Waals surface area contributed by atoms with Crippen molar-refractivity contribution in [3.05, 3.63) is 36.7 Å². The first-order chi connectivity index (χ1) is 9.59. The molecule has 2 heterocycles. The Hall–Kier alpha value is -2.50. The molecule has 0 unspecified atom stereocenters. The number of rotatable bonds is 2. The molecule has 3 rings (SSSR count). The summed E-state index contributed by atoms with van der Waals surface area (Å²) in [4.78, 5) is 10.4. The minimum Gasteiger partial charge on any atom is -0.411 e. The van der Waals surface area contributed by atoms with Crippen LogP contribution in [0, 0.1) is 0 Å². The second-order valence-electron chi connectivity index (χ2n) is 4.73. The number of aromatic nitrogens is 3. The van der Waals surface area contributed by atoms with Gasteiger partial charge in [-0.05, 0) is 7.05 Å². The van der Waals surface area contributed by atoms with Crippen LogP contribution >= 0.6 is 0 Å². The first kappa shape index (κ1) is 12.5. The fourth-order valence-corrected chi connectivity index (χ4v) is 2.30. The third-order valence-corrected chi connectivity index (χ3v) is 3.26. The van der Waals surface area contributed by atoms with Crippen molar-refractivity contribution < 1.29 is 0 Å². The molecule has 0 spiro atoms. The van der Waals surface area contributed by atoms with Crippen LogP contribution in [0.25, 0.3) is 22.3 Å². The topological polar surface area (TPSA) is 60.0 Å². The predicted molar refractivity (Wildman–Crippen MR) is 82.5 cm³/mol. The van der Waals surface area contributed by atoms with Gasteiger partial charge < -0.3 is 15.1 Å². The molecule has 3 aromatic rings. The number of aryl methyl sites for hydroxylation is 1. The summed E-state index contributed by atoms with van der Waals surface area (Å²) < 4.78 is 1.88. The molecule has 2 N–H and O–H groups in total. The summed E-state index contributed by atoms with van der Waals surface area (Å²) >= 11 is 0. The zero-order valence-corrected chi connectivity index (χ0v) is 11.4. The van der Waals surface area contributed by atoms with Crippen LogP contribution in [0.15, 0.2) is 36.7 Å². The van der Waals surface area contributed by atoms with E-state index in [1.807, 2.05) is 41.9 Å². The van der Waals surface area contributed by atoms with Gasteiger partial charge in [-0.2, -0.15) is 0 Å². The van der Waals surface area contributed by atoms with Gasteiger partial charge >= 0.3 is 0 Å². The van der Waals surface area contributed by atoms with Crippen molar-refractivity contribution in [3.8, 4) is 11.3 Å². The van der Waals surface area contributed by atoms with Crippen molar-refractivity contribution in [3.63, 3.8) is 0 Å². The van der Waals surface area contributed by atoms with Crippen LogP contribution in [-0.4, -0.2) is 29.6 Å². The Balaban J connectivity index is 2.39. The van der Waals surface area contributed by atoms with E-state index >= 15 is 0 Å². The van der Waals surface area contributed by atoms with Gasteiger partial charge in [0.25, 0.3) is 0 Å². The zero-order valence-electron chi connectivity index (χ0n) is 11.4. The third-order valence-electron chi connectivity index (χ3n) is 3.26. The standard InChI is InChI=1S/C14H14BN5/c1-19-8-17-12-13(19)10(16)11(18-14(12)20(2)15)9-6-4-3-5-7-9/h3-8H,16H2,1-2H3. The maximum atomic E-state index is 6.28. The number of fused-ring (bicyclic) bond motifs is 1. The Morgan fingerprint density at radius 3 is 2.60 bits per heavy atom. The van der Waals surface area contributed by atoms with Gasteiger partial charge in [-0.1, -0.05) is 30.3 Å². The fraction of sp³-hybridized carbons (Fsp3) is 0.143. The van der Waals surface area contributed by atoms with E-state index in [-0.39, 0.29) is 0 Å². The molecule has 0 saturated carbocycles. The number of benzene rings is 1. The molecule has 6 heteroatoms. The average molecular weight is 263 g/mol. The molecule has 0 aliphatic rings. The van der Waals surface area contributed by atoms with Crippen LogP contribution in [0.2, 0.25) is 0 Å². The third kappa shape index (κ3) is 1.81. The molecule has 0 fully saturated rings. The molecule has 0 aliphatic carbocycles. The van der Waals surface area contributed by atoms with Gasteiger partial charge in [0.15, 0.2) is 0 Å². The summed E-state index contributed by atoms with van der Waals surface area (Å²) in [5.74, 6) is 0.605. The Labute approximate surface area is 118 Å². The summed E-state index contributed by atoms with van der Waals surface area (Å²) in [6.07, 6.45) is 1.71. The summed E-state index contributed by atoms with van der Waals surface area (Å²) in [5.41, 5.74) is 10.1. The predicted octanol–water partition coefficient (Wildman–Crippen LogP) is 1.74. The second kappa shape index (κ2) is 4.56. The monoisotopic (exact) mass is 263 g/mol. The van der Waals surface area contributed by atoms with Gasteiger partial charge in [0.1, 0.15) is 11.3 Å². The number of hydrogen-bond acceptors (Lipinski definition) is 4. The molecule has 0 bridgehead atoms. The normalized spacial score (nSPS) is 10.9. The van der Waals surface area contributed by atoms with Gasteiger partial charge in [0, 0.05) is 12.6 Å². The maximum Gasteiger partial charge on any atom is 0.228 e. The van der Waals surface area contributed by atoms with Gasteiger partial charge in [-0.25, -0.2) is 9.97 Å². The van der Waals surface area contributed by atoms with E-state index < -0.39 is 0 Å². The van der Waals surface area contributed by atoms with Gasteiger partial charge in [-0.3, -0.25) is 0 Å². The molecule has 20 heavy (non-hydrogen) atoms. The lowest BCUT2D eigenvalue weighted by atomic mass is 10.1. The van der Waals surface area contributed by atoms with E-state index in [4.69, 9.17) is 13.7 Å². The molecular weight excluding hydrogens is 249 g/mol. The average Bonchev–Trinajstić information content (AvgIpc) is 2.82. The van der Waals surface area contributed by atoms with Gasteiger partial charge in [0.05, 0.1) is 23.2 Å². The molecular formula is C14H14BN5. The van der Waals surface area contributed by atoms with Crippen molar-refractivity contribution in [1.82, 2.24) is 14.5 Å². The number of hydrogen-bond donors (Lipinski definition) is 1. The van der Waals surface area contributed by atoms with Crippen LogP contribution in [0.3, 0.4) is 0 Å². The lowest BCUT2D eigenvalue weighted by Gasteiger charge is -2.16. The highest BCUT2D eigenvalue weighted by Crippen LogP contribution is 2.34. The molecule has 0 amide bonds. The molecule has 1 aromatic carbocycles. The van der Waals surface area contributed by atoms with E-state index in [0.29, 0.717) is 22.7 Å². The summed E-state index contributed by atoms with van der Waals surface area (Å²) in [5, 5.41) is 0. The van der Waals surface area contributed by atoms with Crippen molar-refractivity contribution in [2.24, 2.45) is 7.05 Å². The zero-order chi connectivity index (χ0) is 14.3. The summed E-state index contributed by atoms with van der Waals surface area (Å²) in [6.45, 7) is 0. The van der Waals surface area contributed by atoms with Crippen LogP contribution in [-0.2, 0) is 7.05 Å². The Kier molecular flexibility index (Phi) is 2.86. The number of nitrogen functional groups attached to an aromatic ring is 1. The SMILES string of the molecule is [B]N(C)c1nc(-c2ccccc2)c(N)c2c1ncn2C. The quantitative estimate of drug-likeness (QED) is 0.715. The molecule has 98 valence electrons. The largest absolute Gasteiger partial charge is 0.411 e. The highest BCUT2D eigenvalue weighted by Gasteiger charge is 2.17. The van der Waals surface area contributed by atoms with Crippen molar-refractivity contribution in [2.75, 3.05) is 17.6 Å². The van der Waals surface area contributed by atoms with Crippen molar-refractivity contribution in [2.45, 2.75) is 0 Å². The summed E-state index contributed by atoms with van der Waals surface area (Å²) in [6, 6.07) is 9.81. The molecule has 5 nitrogen and oxygen atoms in total. The van der Waals surface area contributed by atoms with Crippen LogP contribution in [0.1, 0.15) is 0 Å². The minimum absolute atomic E-state index is 0.605. The molecule has 0 aliphatic heterocycles. The number of pyridine rings is 1. The number of imidazole rings is 1. The fourth-order valence-electron chi connectivity index (χ4n) is 2.30. The summed E-state index contributed by atoms with van der Waals surface area (Å²) in [7, 11) is 9.51. The van der Waals surface area contributed by atoms with Crippen LogP contribution in [0.4, 0.5) is 11.5 Å². The molecule has 0 atom stereocenters. The Morgan fingerprint density at radius 2 is 1.95 bits per heavy atom. The molecule has 2 aromatic heterocycles. The first-order valence-electron chi connectivity index (χ1n) is 6.24. The van der Waals surface area contributed by atoms with Crippen LogP contribution in [0.5, 0.6) is 0 Å². The molecule has 2 radical (unpaired) electrons. The van der Waals surface area contributed by atoms with E-state index in [0.717, 1.165) is 11.1 Å².